The number of benzene rings is 1. The van der Waals surface area contributed by atoms with Crippen LogP contribution in [0.25, 0.3) is 0 Å². The van der Waals surface area contributed by atoms with Crippen molar-refractivity contribution in [3.63, 3.8) is 0 Å². The highest BCUT2D eigenvalue weighted by Gasteiger charge is 2.38. The summed E-state index contributed by atoms with van der Waals surface area (Å²) in [5.41, 5.74) is 8.90. The van der Waals surface area contributed by atoms with E-state index >= 15 is 0 Å². The van der Waals surface area contributed by atoms with Crippen molar-refractivity contribution in [3.8, 4) is 5.75 Å². The molecule has 0 bridgehead atoms. The van der Waals surface area contributed by atoms with Crippen LogP contribution in [-0.2, 0) is 5.41 Å². The van der Waals surface area contributed by atoms with Gasteiger partial charge in [-0.3, -0.25) is 0 Å². The fourth-order valence-corrected chi connectivity index (χ4v) is 3.90. The second kappa shape index (κ2) is 5.10. The Bertz CT molecular complexity index is 476. The smallest absolute Gasteiger partial charge is 0.137 e. The third-order valence-corrected chi connectivity index (χ3v) is 5.11. The van der Waals surface area contributed by atoms with Gasteiger partial charge in [-0.05, 0) is 60.2 Å². The Kier molecular flexibility index (Phi) is 3.61. The summed E-state index contributed by atoms with van der Waals surface area (Å²) < 4.78 is 7.27. The molecule has 0 aromatic heterocycles. The zero-order valence-electron chi connectivity index (χ0n) is 11.5. The van der Waals surface area contributed by atoms with E-state index in [2.05, 4.69) is 35.0 Å². The Labute approximate surface area is 123 Å². The quantitative estimate of drug-likeness (QED) is 0.906. The number of aryl methyl sites for hydroxylation is 1. The lowest BCUT2D eigenvalue weighted by atomic mass is 9.78. The molecule has 3 heteroatoms. The van der Waals surface area contributed by atoms with Gasteiger partial charge in [0.1, 0.15) is 5.75 Å². The van der Waals surface area contributed by atoms with Crippen LogP contribution < -0.4 is 10.5 Å². The molecular weight excluding hydrogens is 302 g/mol. The lowest BCUT2D eigenvalue weighted by molar-refractivity contribution is 0.287. The first kappa shape index (κ1) is 13.4. The van der Waals surface area contributed by atoms with Gasteiger partial charge in [-0.15, -0.1) is 0 Å². The summed E-state index contributed by atoms with van der Waals surface area (Å²) in [6, 6.07) is 4.45. The molecular formula is C16H22BrNO. The van der Waals surface area contributed by atoms with Gasteiger partial charge < -0.3 is 10.5 Å². The van der Waals surface area contributed by atoms with Crippen LogP contribution in [0, 0.1) is 6.92 Å². The third kappa shape index (κ3) is 2.55. The molecule has 2 N–H and O–H groups in total. The van der Waals surface area contributed by atoms with Crippen LogP contribution in [-0.4, -0.2) is 12.6 Å². The van der Waals surface area contributed by atoms with Gasteiger partial charge in [-0.1, -0.05) is 18.9 Å². The summed E-state index contributed by atoms with van der Waals surface area (Å²) in [4.78, 5) is 0. The van der Waals surface area contributed by atoms with Crippen molar-refractivity contribution in [2.24, 2.45) is 5.73 Å². The molecule has 0 radical (unpaired) electrons. The van der Waals surface area contributed by atoms with Crippen molar-refractivity contribution in [3.05, 3.63) is 27.7 Å². The second-order valence-electron chi connectivity index (χ2n) is 6.13. The maximum atomic E-state index is 6.18. The first-order valence-electron chi connectivity index (χ1n) is 7.32. The molecule has 0 spiro atoms. The van der Waals surface area contributed by atoms with Crippen molar-refractivity contribution < 1.29 is 4.74 Å². The van der Waals surface area contributed by atoms with Crippen LogP contribution >= 0.6 is 15.9 Å². The van der Waals surface area contributed by atoms with Gasteiger partial charge in [0, 0.05) is 17.5 Å². The molecule has 1 aromatic rings. The van der Waals surface area contributed by atoms with Gasteiger partial charge in [0.15, 0.2) is 0 Å². The Morgan fingerprint density at radius 1 is 1.32 bits per heavy atom. The Hall–Kier alpha value is -0.540. The summed E-state index contributed by atoms with van der Waals surface area (Å²) in [6.07, 6.45) is 7.76. The molecule has 3 rings (SSSR count). The van der Waals surface area contributed by atoms with Crippen molar-refractivity contribution in [1.82, 2.24) is 0 Å². The minimum Gasteiger partial charge on any atom is -0.489 e. The number of hydrogen-bond acceptors (Lipinski definition) is 2. The first-order chi connectivity index (χ1) is 9.14. The van der Waals surface area contributed by atoms with E-state index in [1.807, 2.05) is 0 Å². The van der Waals surface area contributed by atoms with Gasteiger partial charge in [0.2, 0.25) is 0 Å². The number of nitrogens with two attached hydrogens (primary N) is 1. The fraction of sp³-hybridized carbons (Fsp3) is 0.625. The van der Waals surface area contributed by atoms with E-state index in [1.54, 1.807) is 0 Å². The van der Waals surface area contributed by atoms with Gasteiger partial charge in [-0.2, -0.15) is 0 Å². The first-order valence-corrected chi connectivity index (χ1v) is 8.11. The van der Waals surface area contributed by atoms with E-state index in [0.29, 0.717) is 6.10 Å². The molecule has 2 aliphatic rings. The van der Waals surface area contributed by atoms with Crippen LogP contribution in [0.4, 0.5) is 0 Å². The van der Waals surface area contributed by atoms with Crippen LogP contribution in [0.5, 0.6) is 5.75 Å². The van der Waals surface area contributed by atoms with Crippen LogP contribution in [0.2, 0.25) is 0 Å². The van der Waals surface area contributed by atoms with Gasteiger partial charge in [0.25, 0.3) is 0 Å². The summed E-state index contributed by atoms with van der Waals surface area (Å²) in [7, 11) is 0. The molecule has 0 atom stereocenters. The van der Waals surface area contributed by atoms with E-state index in [1.165, 1.54) is 49.7 Å². The second-order valence-corrected chi connectivity index (χ2v) is 6.99. The van der Waals surface area contributed by atoms with Crippen LogP contribution in [0.15, 0.2) is 16.6 Å². The molecule has 2 saturated carbocycles. The molecule has 19 heavy (non-hydrogen) atoms. The molecule has 0 aliphatic heterocycles. The Morgan fingerprint density at radius 3 is 2.58 bits per heavy atom. The maximum absolute atomic E-state index is 6.18. The Balaban J connectivity index is 2.06. The van der Waals surface area contributed by atoms with E-state index in [0.717, 1.165) is 16.8 Å². The molecule has 0 saturated heterocycles. The van der Waals surface area contributed by atoms with E-state index in [4.69, 9.17) is 10.5 Å². The molecule has 2 fully saturated rings. The number of halogens is 1. The topological polar surface area (TPSA) is 35.2 Å². The predicted molar refractivity (Wildman–Crippen MR) is 81.7 cm³/mol. The maximum Gasteiger partial charge on any atom is 0.137 e. The normalized spacial score (nSPS) is 21.6. The monoisotopic (exact) mass is 323 g/mol. The number of rotatable bonds is 4. The number of hydrogen-bond donors (Lipinski definition) is 1. The minimum atomic E-state index is 0.138. The predicted octanol–water partition coefficient (Wildman–Crippen LogP) is 4.07. The summed E-state index contributed by atoms with van der Waals surface area (Å²) in [5, 5.41) is 0. The summed E-state index contributed by atoms with van der Waals surface area (Å²) in [5.74, 6) is 1.06. The lowest BCUT2D eigenvalue weighted by Crippen LogP contribution is -2.32. The zero-order valence-corrected chi connectivity index (χ0v) is 13.1. The summed E-state index contributed by atoms with van der Waals surface area (Å²) >= 11 is 3.69. The van der Waals surface area contributed by atoms with Crippen LogP contribution in [0.1, 0.15) is 49.7 Å². The van der Waals surface area contributed by atoms with Crippen molar-refractivity contribution >= 4 is 15.9 Å². The lowest BCUT2D eigenvalue weighted by Gasteiger charge is -2.31. The summed E-state index contributed by atoms with van der Waals surface area (Å²) in [6.45, 7) is 2.87. The van der Waals surface area contributed by atoms with Crippen molar-refractivity contribution in [2.45, 2.75) is 57.0 Å². The van der Waals surface area contributed by atoms with Crippen molar-refractivity contribution in [1.29, 1.82) is 0 Å². The van der Waals surface area contributed by atoms with Gasteiger partial charge in [0.05, 0.1) is 10.6 Å². The molecule has 2 aliphatic carbocycles. The van der Waals surface area contributed by atoms with Crippen molar-refractivity contribution in [2.75, 3.05) is 6.54 Å². The van der Waals surface area contributed by atoms with Crippen LogP contribution in [0.3, 0.4) is 0 Å². The van der Waals surface area contributed by atoms with E-state index < -0.39 is 0 Å². The molecule has 104 valence electrons. The largest absolute Gasteiger partial charge is 0.489 e. The Morgan fingerprint density at radius 2 is 2.00 bits per heavy atom. The highest BCUT2D eigenvalue weighted by molar-refractivity contribution is 9.10. The standard InChI is InChI=1S/C16H22BrNO/c1-11-8-13(16(10-18)6-2-3-7-16)15(14(17)9-11)19-12-4-5-12/h8-9,12H,2-7,10,18H2,1H3. The fourth-order valence-electron chi connectivity index (χ4n) is 3.23. The molecule has 0 unspecified atom stereocenters. The third-order valence-electron chi connectivity index (χ3n) is 4.52. The SMILES string of the molecule is Cc1cc(Br)c(OC2CC2)c(C2(CN)CCCC2)c1. The molecule has 1 aromatic carbocycles. The van der Waals surface area contributed by atoms with Gasteiger partial charge >= 0.3 is 0 Å². The minimum absolute atomic E-state index is 0.138. The average molecular weight is 324 g/mol. The number of ether oxygens (including phenoxy) is 1. The van der Waals surface area contributed by atoms with E-state index in [-0.39, 0.29) is 5.41 Å². The molecule has 0 amide bonds. The van der Waals surface area contributed by atoms with E-state index in [9.17, 15) is 0 Å². The zero-order chi connectivity index (χ0) is 13.5. The average Bonchev–Trinajstić information content (AvgIpc) is 3.07. The highest BCUT2D eigenvalue weighted by atomic mass is 79.9. The molecule has 0 heterocycles. The van der Waals surface area contributed by atoms with Gasteiger partial charge in [-0.25, -0.2) is 0 Å². The highest BCUT2D eigenvalue weighted by Crippen LogP contribution is 2.47. The molecule has 2 nitrogen and oxygen atoms in total.